The smallest absolute Gasteiger partial charge is 0.123 e. The molecule has 0 amide bonds. The van der Waals surface area contributed by atoms with Gasteiger partial charge in [0.05, 0.1) is 6.61 Å². The van der Waals surface area contributed by atoms with Gasteiger partial charge in [-0.2, -0.15) is 0 Å². The molecular weight excluding hydrogens is 220 g/mol. The van der Waals surface area contributed by atoms with Crippen molar-refractivity contribution in [1.29, 1.82) is 0 Å². The van der Waals surface area contributed by atoms with Gasteiger partial charge in [0.15, 0.2) is 0 Å². The molecule has 18 heavy (non-hydrogen) atoms. The number of hydrogen-bond acceptors (Lipinski definition) is 1. The standard InChI is InChI=1S/C17H16O/c1-2-6-14(7-3-1)10-11-15-12-13-18-17-9-5-4-8-16(15)17/h1-11,15H,12-13H2/b11-10+. The Labute approximate surface area is 108 Å². The summed E-state index contributed by atoms with van der Waals surface area (Å²) < 4.78 is 5.67. The molecule has 0 aromatic heterocycles. The first kappa shape index (κ1) is 11.1. The van der Waals surface area contributed by atoms with Crippen LogP contribution < -0.4 is 4.74 Å². The first-order valence-electron chi connectivity index (χ1n) is 6.38. The molecule has 1 aliphatic rings. The molecule has 3 rings (SSSR count). The van der Waals surface area contributed by atoms with Crippen molar-refractivity contribution < 1.29 is 4.74 Å². The number of ether oxygens (including phenoxy) is 1. The summed E-state index contributed by atoms with van der Waals surface area (Å²) >= 11 is 0. The highest BCUT2D eigenvalue weighted by Gasteiger charge is 2.18. The fourth-order valence-electron chi connectivity index (χ4n) is 2.36. The van der Waals surface area contributed by atoms with Crippen molar-refractivity contribution in [3.05, 3.63) is 71.8 Å². The van der Waals surface area contributed by atoms with Crippen LogP contribution >= 0.6 is 0 Å². The lowest BCUT2D eigenvalue weighted by atomic mass is 9.92. The largest absolute Gasteiger partial charge is 0.493 e. The Kier molecular flexibility index (Phi) is 3.14. The first-order chi connectivity index (χ1) is 8.93. The number of hydrogen-bond donors (Lipinski definition) is 0. The summed E-state index contributed by atoms with van der Waals surface area (Å²) in [5.74, 6) is 1.50. The predicted molar refractivity (Wildman–Crippen MR) is 74.8 cm³/mol. The van der Waals surface area contributed by atoms with E-state index >= 15 is 0 Å². The topological polar surface area (TPSA) is 9.23 Å². The Bertz CT molecular complexity index is 543. The summed E-state index contributed by atoms with van der Waals surface area (Å²) in [6, 6.07) is 18.8. The first-order valence-corrected chi connectivity index (χ1v) is 6.38. The highest BCUT2D eigenvalue weighted by molar-refractivity contribution is 5.52. The van der Waals surface area contributed by atoms with E-state index in [4.69, 9.17) is 4.74 Å². The summed E-state index contributed by atoms with van der Waals surface area (Å²) in [5.41, 5.74) is 2.55. The summed E-state index contributed by atoms with van der Waals surface area (Å²) in [5, 5.41) is 0. The number of benzene rings is 2. The van der Waals surface area contributed by atoms with Gasteiger partial charge in [0.1, 0.15) is 5.75 Å². The lowest BCUT2D eigenvalue weighted by Crippen LogP contribution is -2.12. The summed E-state index contributed by atoms with van der Waals surface area (Å²) in [7, 11) is 0. The van der Waals surface area contributed by atoms with Crippen LogP contribution in [0.5, 0.6) is 5.75 Å². The van der Waals surface area contributed by atoms with Crippen molar-refractivity contribution in [3.63, 3.8) is 0 Å². The Morgan fingerprint density at radius 2 is 1.72 bits per heavy atom. The van der Waals surface area contributed by atoms with E-state index in [-0.39, 0.29) is 0 Å². The van der Waals surface area contributed by atoms with Crippen molar-refractivity contribution in [2.24, 2.45) is 0 Å². The molecule has 1 heteroatoms. The molecular formula is C17H16O. The molecule has 1 aliphatic heterocycles. The average Bonchev–Trinajstić information content (AvgIpc) is 2.46. The van der Waals surface area contributed by atoms with Gasteiger partial charge in [-0.15, -0.1) is 0 Å². The fraction of sp³-hybridized carbons (Fsp3) is 0.176. The second-order valence-electron chi connectivity index (χ2n) is 4.55. The molecule has 0 N–H and O–H groups in total. The van der Waals surface area contributed by atoms with E-state index in [9.17, 15) is 0 Å². The van der Waals surface area contributed by atoms with Gasteiger partial charge in [0.2, 0.25) is 0 Å². The maximum absolute atomic E-state index is 5.67. The van der Waals surface area contributed by atoms with E-state index in [1.807, 2.05) is 12.1 Å². The summed E-state index contributed by atoms with van der Waals surface area (Å²) in [6.45, 7) is 0.806. The minimum absolute atomic E-state index is 0.468. The van der Waals surface area contributed by atoms with Crippen LogP contribution in [0, 0.1) is 0 Å². The molecule has 0 saturated carbocycles. The molecule has 90 valence electrons. The molecule has 1 nitrogen and oxygen atoms in total. The minimum Gasteiger partial charge on any atom is -0.493 e. The van der Waals surface area contributed by atoms with Gasteiger partial charge in [-0.3, -0.25) is 0 Å². The predicted octanol–water partition coefficient (Wildman–Crippen LogP) is 4.27. The molecule has 1 heterocycles. The zero-order valence-electron chi connectivity index (χ0n) is 10.3. The van der Waals surface area contributed by atoms with Crippen molar-refractivity contribution in [2.75, 3.05) is 6.61 Å². The van der Waals surface area contributed by atoms with Crippen molar-refractivity contribution in [3.8, 4) is 5.75 Å². The SMILES string of the molecule is C(=C\C1CCOc2ccccc21)/c1ccccc1. The zero-order chi connectivity index (χ0) is 12.2. The van der Waals surface area contributed by atoms with Gasteiger partial charge in [-0.1, -0.05) is 60.7 Å². The second-order valence-corrected chi connectivity index (χ2v) is 4.55. The van der Waals surface area contributed by atoms with Gasteiger partial charge in [-0.05, 0) is 18.1 Å². The third kappa shape index (κ3) is 2.30. The van der Waals surface area contributed by atoms with Crippen molar-refractivity contribution in [1.82, 2.24) is 0 Å². The molecule has 1 unspecified atom stereocenters. The van der Waals surface area contributed by atoms with Crippen molar-refractivity contribution in [2.45, 2.75) is 12.3 Å². The quantitative estimate of drug-likeness (QED) is 0.756. The molecule has 0 bridgehead atoms. The number of allylic oxidation sites excluding steroid dienone is 1. The van der Waals surface area contributed by atoms with E-state index in [0.29, 0.717) is 5.92 Å². The van der Waals surface area contributed by atoms with Gasteiger partial charge in [-0.25, -0.2) is 0 Å². The van der Waals surface area contributed by atoms with Gasteiger partial charge >= 0.3 is 0 Å². The van der Waals surface area contributed by atoms with E-state index in [1.54, 1.807) is 0 Å². The van der Waals surface area contributed by atoms with Crippen LogP contribution in [0.4, 0.5) is 0 Å². The highest BCUT2D eigenvalue weighted by atomic mass is 16.5. The number of para-hydroxylation sites is 1. The Balaban J connectivity index is 1.85. The van der Waals surface area contributed by atoms with E-state index < -0.39 is 0 Å². The van der Waals surface area contributed by atoms with Crippen LogP contribution in [0.15, 0.2) is 60.7 Å². The highest BCUT2D eigenvalue weighted by Crippen LogP contribution is 2.34. The average molecular weight is 236 g/mol. The van der Waals surface area contributed by atoms with Crippen LogP contribution in [0.1, 0.15) is 23.5 Å². The Morgan fingerprint density at radius 3 is 2.61 bits per heavy atom. The molecule has 1 atom stereocenters. The third-order valence-corrected chi connectivity index (χ3v) is 3.33. The summed E-state index contributed by atoms with van der Waals surface area (Å²) in [6.07, 6.45) is 5.55. The zero-order valence-corrected chi connectivity index (χ0v) is 10.3. The molecule has 2 aromatic rings. The summed E-state index contributed by atoms with van der Waals surface area (Å²) in [4.78, 5) is 0. The Morgan fingerprint density at radius 1 is 0.944 bits per heavy atom. The van der Waals surface area contributed by atoms with Crippen LogP contribution in [-0.2, 0) is 0 Å². The molecule has 0 spiro atoms. The number of rotatable bonds is 2. The molecule has 0 radical (unpaired) electrons. The minimum atomic E-state index is 0.468. The normalized spacial score (nSPS) is 18.3. The molecule has 0 fully saturated rings. The van der Waals surface area contributed by atoms with Crippen LogP contribution in [0.25, 0.3) is 6.08 Å². The third-order valence-electron chi connectivity index (χ3n) is 3.33. The maximum atomic E-state index is 5.67. The van der Waals surface area contributed by atoms with Crippen LogP contribution in [0.3, 0.4) is 0 Å². The molecule has 0 saturated heterocycles. The van der Waals surface area contributed by atoms with Gasteiger partial charge in [0.25, 0.3) is 0 Å². The molecule has 0 aliphatic carbocycles. The number of fused-ring (bicyclic) bond motifs is 1. The monoisotopic (exact) mass is 236 g/mol. The van der Waals surface area contributed by atoms with Gasteiger partial charge < -0.3 is 4.74 Å². The van der Waals surface area contributed by atoms with Crippen LogP contribution in [0.2, 0.25) is 0 Å². The fourth-order valence-corrected chi connectivity index (χ4v) is 2.36. The van der Waals surface area contributed by atoms with E-state index in [2.05, 4.69) is 54.6 Å². The van der Waals surface area contributed by atoms with E-state index in [0.717, 1.165) is 18.8 Å². The lowest BCUT2D eigenvalue weighted by Gasteiger charge is -2.23. The van der Waals surface area contributed by atoms with E-state index in [1.165, 1.54) is 11.1 Å². The van der Waals surface area contributed by atoms with Gasteiger partial charge in [0, 0.05) is 11.5 Å². The lowest BCUT2D eigenvalue weighted by molar-refractivity contribution is 0.279. The second kappa shape index (κ2) is 5.09. The van der Waals surface area contributed by atoms with Crippen molar-refractivity contribution >= 4 is 6.08 Å². The molecule has 2 aromatic carbocycles. The Hall–Kier alpha value is -2.02. The maximum Gasteiger partial charge on any atom is 0.123 e. The van der Waals surface area contributed by atoms with Crippen LogP contribution in [-0.4, -0.2) is 6.61 Å².